The van der Waals surface area contributed by atoms with Crippen molar-refractivity contribution in [3.8, 4) is 0 Å². The van der Waals surface area contributed by atoms with Gasteiger partial charge < -0.3 is 10.2 Å². The van der Waals surface area contributed by atoms with Crippen LogP contribution in [-0.2, 0) is 26.2 Å². The summed E-state index contributed by atoms with van der Waals surface area (Å²) in [7, 11) is -4.13. The number of sulfonamides is 1. The first-order chi connectivity index (χ1) is 15.0. The minimum absolute atomic E-state index is 0.0383. The van der Waals surface area contributed by atoms with Crippen LogP contribution in [0.15, 0.2) is 53.4 Å². The Kier molecular flexibility index (Phi) is 6.68. The Balaban J connectivity index is 1.91. The first-order valence-electron chi connectivity index (χ1n) is 10.3. The van der Waals surface area contributed by atoms with Crippen molar-refractivity contribution >= 4 is 27.7 Å². The van der Waals surface area contributed by atoms with Gasteiger partial charge in [-0.25, -0.2) is 12.7 Å². The predicted molar refractivity (Wildman–Crippen MR) is 119 cm³/mol. The van der Waals surface area contributed by atoms with Crippen molar-refractivity contribution in [3.63, 3.8) is 0 Å². The van der Waals surface area contributed by atoms with E-state index in [1.165, 1.54) is 23.1 Å². The Morgan fingerprint density at radius 2 is 1.66 bits per heavy atom. The van der Waals surface area contributed by atoms with Gasteiger partial charge in [0.2, 0.25) is 11.8 Å². The molecule has 0 saturated heterocycles. The topological polar surface area (TPSA) is 104 Å². The molecule has 3 amide bonds. The van der Waals surface area contributed by atoms with Gasteiger partial charge >= 0.3 is 0 Å². The molecule has 0 unspecified atom stereocenters. The average Bonchev–Trinajstić information content (AvgIpc) is 2.93. The van der Waals surface area contributed by atoms with Gasteiger partial charge in [0.05, 0.1) is 5.56 Å². The molecule has 2 aromatic carbocycles. The van der Waals surface area contributed by atoms with Crippen molar-refractivity contribution in [2.24, 2.45) is 0 Å². The standard InChI is InChI=1S/C23H27N3O5S/c1-15(2)24-22(28)17(4)25(13-18-10-6-5-9-16(18)3)21(27)14-26-23(29)19-11-7-8-12-20(19)32(26,30)31/h5-12,15,17H,13-14H2,1-4H3,(H,24,28)/t17-/m0/s1. The summed E-state index contributed by atoms with van der Waals surface area (Å²) >= 11 is 0. The van der Waals surface area contributed by atoms with Crippen molar-refractivity contribution in [3.05, 3.63) is 65.2 Å². The highest BCUT2D eigenvalue weighted by Gasteiger charge is 2.43. The molecule has 1 aliphatic rings. The lowest BCUT2D eigenvalue weighted by Gasteiger charge is -2.31. The number of benzene rings is 2. The first-order valence-corrected chi connectivity index (χ1v) is 11.8. The second kappa shape index (κ2) is 9.12. The van der Waals surface area contributed by atoms with Crippen LogP contribution in [0.1, 0.15) is 42.3 Å². The molecule has 9 heteroatoms. The van der Waals surface area contributed by atoms with Crippen LogP contribution in [0.2, 0.25) is 0 Å². The fourth-order valence-corrected chi connectivity index (χ4v) is 5.08. The summed E-state index contributed by atoms with van der Waals surface area (Å²) in [4.78, 5) is 39.9. The van der Waals surface area contributed by atoms with E-state index < -0.39 is 34.4 Å². The van der Waals surface area contributed by atoms with E-state index in [-0.39, 0.29) is 29.0 Å². The number of amides is 3. The van der Waals surface area contributed by atoms with Crippen LogP contribution >= 0.6 is 0 Å². The maximum atomic E-state index is 13.3. The highest BCUT2D eigenvalue weighted by atomic mass is 32.2. The van der Waals surface area contributed by atoms with Crippen LogP contribution in [-0.4, -0.2) is 54.0 Å². The van der Waals surface area contributed by atoms with E-state index in [0.717, 1.165) is 11.1 Å². The molecule has 0 saturated carbocycles. The van der Waals surface area contributed by atoms with Gasteiger partial charge in [-0.15, -0.1) is 0 Å². The van der Waals surface area contributed by atoms with Gasteiger partial charge in [0, 0.05) is 12.6 Å². The van der Waals surface area contributed by atoms with E-state index in [9.17, 15) is 22.8 Å². The molecule has 0 radical (unpaired) electrons. The van der Waals surface area contributed by atoms with Gasteiger partial charge in [-0.1, -0.05) is 36.4 Å². The number of rotatable bonds is 7. The molecule has 0 fully saturated rings. The highest BCUT2D eigenvalue weighted by molar-refractivity contribution is 7.90. The summed E-state index contributed by atoms with van der Waals surface area (Å²) < 4.78 is 26.3. The summed E-state index contributed by atoms with van der Waals surface area (Å²) in [5, 5.41) is 2.78. The van der Waals surface area contributed by atoms with Gasteiger partial charge in [-0.05, 0) is 51.0 Å². The molecule has 0 aromatic heterocycles. The Labute approximate surface area is 188 Å². The van der Waals surface area contributed by atoms with Gasteiger partial charge in [0.1, 0.15) is 17.5 Å². The molecule has 1 atom stereocenters. The summed E-state index contributed by atoms with van der Waals surface area (Å²) in [5.41, 5.74) is 1.79. The third kappa shape index (κ3) is 4.52. The Morgan fingerprint density at radius 1 is 1.03 bits per heavy atom. The fraction of sp³-hybridized carbons (Fsp3) is 0.348. The molecule has 2 aromatic rings. The zero-order chi connectivity index (χ0) is 23.6. The van der Waals surface area contributed by atoms with Crippen LogP contribution in [0.5, 0.6) is 0 Å². The van der Waals surface area contributed by atoms with E-state index in [4.69, 9.17) is 0 Å². The lowest BCUT2D eigenvalue weighted by molar-refractivity contribution is -0.140. The van der Waals surface area contributed by atoms with Crippen molar-refractivity contribution in [1.29, 1.82) is 0 Å². The molecule has 0 spiro atoms. The molecule has 1 aliphatic heterocycles. The van der Waals surface area contributed by atoms with Crippen molar-refractivity contribution < 1.29 is 22.8 Å². The van der Waals surface area contributed by atoms with E-state index >= 15 is 0 Å². The van der Waals surface area contributed by atoms with Crippen LogP contribution in [0.25, 0.3) is 0 Å². The summed E-state index contributed by atoms with van der Waals surface area (Å²) in [6.45, 7) is 6.52. The van der Waals surface area contributed by atoms with Crippen molar-refractivity contribution in [2.45, 2.75) is 51.2 Å². The molecule has 170 valence electrons. The molecule has 8 nitrogen and oxygen atoms in total. The maximum Gasteiger partial charge on any atom is 0.269 e. The zero-order valence-electron chi connectivity index (χ0n) is 18.5. The smallest absolute Gasteiger partial charge is 0.269 e. The molecule has 3 rings (SSSR count). The number of carbonyl (C=O) groups excluding carboxylic acids is 3. The van der Waals surface area contributed by atoms with E-state index in [1.54, 1.807) is 13.0 Å². The van der Waals surface area contributed by atoms with E-state index in [2.05, 4.69) is 5.32 Å². The monoisotopic (exact) mass is 457 g/mol. The minimum Gasteiger partial charge on any atom is -0.352 e. The number of nitrogens with one attached hydrogen (secondary N) is 1. The van der Waals surface area contributed by atoms with E-state index in [0.29, 0.717) is 4.31 Å². The van der Waals surface area contributed by atoms with Crippen LogP contribution in [0.3, 0.4) is 0 Å². The lowest BCUT2D eigenvalue weighted by Crippen LogP contribution is -2.52. The molecular weight excluding hydrogens is 430 g/mol. The van der Waals surface area contributed by atoms with Crippen molar-refractivity contribution in [1.82, 2.24) is 14.5 Å². The summed E-state index contributed by atoms with van der Waals surface area (Å²) in [5.74, 6) is -1.74. The molecular formula is C23H27N3O5S. The highest BCUT2D eigenvalue weighted by Crippen LogP contribution is 2.30. The third-order valence-corrected chi connectivity index (χ3v) is 7.18. The molecule has 0 aliphatic carbocycles. The Bertz CT molecular complexity index is 1160. The maximum absolute atomic E-state index is 13.3. The van der Waals surface area contributed by atoms with Crippen molar-refractivity contribution in [2.75, 3.05) is 6.54 Å². The Morgan fingerprint density at radius 3 is 2.28 bits per heavy atom. The molecule has 32 heavy (non-hydrogen) atoms. The SMILES string of the molecule is Cc1ccccc1CN(C(=O)CN1C(=O)c2ccccc2S1(=O)=O)[C@@H](C)C(=O)NC(C)C. The summed E-state index contributed by atoms with van der Waals surface area (Å²) in [6, 6.07) is 12.3. The van der Waals surface area contributed by atoms with Gasteiger partial charge in [-0.2, -0.15) is 0 Å². The number of hydrogen-bond acceptors (Lipinski definition) is 5. The number of fused-ring (bicyclic) bond motifs is 1. The summed E-state index contributed by atoms with van der Waals surface area (Å²) in [6.07, 6.45) is 0. The third-order valence-electron chi connectivity index (χ3n) is 5.39. The van der Waals surface area contributed by atoms with Crippen LogP contribution in [0.4, 0.5) is 0 Å². The lowest BCUT2D eigenvalue weighted by atomic mass is 10.1. The molecule has 1 N–H and O–H groups in total. The average molecular weight is 458 g/mol. The van der Waals surface area contributed by atoms with Gasteiger partial charge in [0.25, 0.3) is 15.9 Å². The second-order valence-corrected chi connectivity index (χ2v) is 9.93. The predicted octanol–water partition coefficient (Wildman–Crippen LogP) is 2.08. The molecule has 1 heterocycles. The van der Waals surface area contributed by atoms with E-state index in [1.807, 2.05) is 45.0 Å². The Hall–Kier alpha value is -3.20. The molecule has 0 bridgehead atoms. The quantitative estimate of drug-likeness (QED) is 0.686. The largest absolute Gasteiger partial charge is 0.352 e. The number of nitrogens with zero attached hydrogens (tertiary/aromatic N) is 2. The van der Waals surface area contributed by atoms with Gasteiger partial charge in [-0.3, -0.25) is 14.4 Å². The van der Waals surface area contributed by atoms with Gasteiger partial charge in [0.15, 0.2) is 0 Å². The van der Waals surface area contributed by atoms with Crippen LogP contribution < -0.4 is 5.32 Å². The first kappa shape index (κ1) is 23.5. The fourth-order valence-electron chi connectivity index (χ4n) is 3.56. The second-order valence-electron chi connectivity index (χ2n) is 8.10. The number of carbonyl (C=O) groups is 3. The zero-order valence-corrected chi connectivity index (χ0v) is 19.3. The normalized spacial score (nSPS) is 15.4. The number of hydrogen-bond donors (Lipinski definition) is 1. The number of aryl methyl sites for hydroxylation is 1. The minimum atomic E-state index is -4.13. The van der Waals surface area contributed by atoms with Crippen LogP contribution in [0, 0.1) is 6.92 Å².